The average Bonchev–Trinajstić information content (AvgIpc) is 2.66. The van der Waals surface area contributed by atoms with Crippen LogP contribution >= 0.6 is 0 Å². The van der Waals surface area contributed by atoms with Crippen molar-refractivity contribution in [3.05, 3.63) is 29.8 Å². The third kappa shape index (κ3) is 6.52. The maximum atomic E-state index is 9.49. The molecule has 0 aromatic heterocycles. The summed E-state index contributed by atoms with van der Waals surface area (Å²) in [4.78, 5) is 4.74. The van der Waals surface area contributed by atoms with Gasteiger partial charge in [0, 0.05) is 19.7 Å². The van der Waals surface area contributed by atoms with Crippen molar-refractivity contribution in [3.63, 3.8) is 0 Å². The van der Waals surface area contributed by atoms with E-state index in [-0.39, 0.29) is 12.0 Å². The lowest BCUT2D eigenvalue weighted by Crippen LogP contribution is -2.44. The number of aliphatic hydroxyl groups excluding tert-OH is 1. The SMILES string of the molecule is CCNC(=NCc1cccc(OCC)c1)NCC1(CCO)CCCCC1. The van der Waals surface area contributed by atoms with Crippen LogP contribution in [0.15, 0.2) is 29.3 Å². The van der Waals surface area contributed by atoms with Crippen LogP contribution in [-0.4, -0.2) is 37.4 Å². The van der Waals surface area contributed by atoms with Crippen LogP contribution in [0, 0.1) is 5.41 Å². The molecule has 0 heterocycles. The highest BCUT2D eigenvalue weighted by molar-refractivity contribution is 5.79. The van der Waals surface area contributed by atoms with Crippen LogP contribution in [0.5, 0.6) is 5.75 Å². The van der Waals surface area contributed by atoms with Gasteiger partial charge in [0.05, 0.1) is 13.2 Å². The van der Waals surface area contributed by atoms with Crippen LogP contribution in [0.1, 0.15) is 57.9 Å². The lowest BCUT2D eigenvalue weighted by Gasteiger charge is -2.37. The first-order chi connectivity index (χ1) is 12.7. The summed E-state index contributed by atoms with van der Waals surface area (Å²) in [5.74, 6) is 1.74. The van der Waals surface area contributed by atoms with Crippen LogP contribution in [0.3, 0.4) is 0 Å². The predicted octanol–water partition coefficient (Wildman–Crippen LogP) is 3.47. The van der Waals surface area contributed by atoms with Gasteiger partial charge in [0.2, 0.25) is 0 Å². The van der Waals surface area contributed by atoms with Gasteiger partial charge >= 0.3 is 0 Å². The molecule has 0 spiro atoms. The van der Waals surface area contributed by atoms with Gasteiger partial charge in [-0.15, -0.1) is 0 Å². The minimum Gasteiger partial charge on any atom is -0.494 e. The zero-order valence-corrected chi connectivity index (χ0v) is 16.4. The van der Waals surface area contributed by atoms with Gasteiger partial charge < -0.3 is 20.5 Å². The van der Waals surface area contributed by atoms with Crippen LogP contribution < -0.4 is 15.4 Å². The Morgan fingerprint density at radius 3 is 2.69 bits per heavy atom. The second-order valence-corrected chi connectivity index (χ2v) is 7.16. The van der Waals surface area contributed by atoms with E-state index in [0.717, 1.165) is 36.8 Å². The Morgan fingerprint density at radius 2 is 2.00 bits per heavy atom. The standard InChI is InChI=1S/C21H35N3O2/c1-3-22-20(23-16-18-9-8-10-19(15-18)26-4-2)24-17-21(13-14-25)11-6-5-7-12-21/h8-10,15,25H,3-7,11-14,16-17H2,1-2H3,(H2,22,23,24). The number of nitrogens with one attached hydrogen (secondary N) is 2. The number of hydrogen-bond donors (Lipinski definition) is 3. The highest BCUT2D eigenvalue weighted by atomic mass is 16.5. The summed E-state index contributed by atoms with van der Waals surface area (Å²) in [5.41, 5.74) is 1.34. The summed E-state index contributed by atoms with van der Waals surface area (Å²) in [6.45, 7) is 7.32. The van der Waals surface area contributed by atoms with E-state index in [1.54, 1.807) is 0 Å². The molecule has 0 aliphatic heterocycles. The molecule has 1 saturated carbocycles. The van der Waals surface area contributed by atoms with Crippen LogP contribution in [0.2, 0.25) is 0 Å². The number of benzene rings is 1. The molecule has 1 aromatic rings. The lowest BCUT2D eigenvalue weighted by molar-refractivity contribution is 0.131. The van der Waals surface area contributed by atoms with Crippen molar-refractivity contribution in [1.29, 1.82) is 0 Å². The predicted molar refractivity (Wildman–Crippen MR) is 108 cm³/mol. The van der Waals surface area contributed by atoms with Gasteiger partial charge in [0.1, 0.15) is 5.75 Å². The van der Waals surface area contributed by atoms with Gasteiger partial charge in [0.25, 0.3) is 0 Å². The second-order valence-electron chi connectivity index (χ2n) is 7.16. The van der Waals surface area contributed by atoms with Gasteiger partial charge in [-0.2, -0.15) is 0 Å². The van der Waals surface area contributed by atoms with Crippen LogP contribution in [0.25, 0.3) is 0 Å². The number of aliphatic hydroxyl groups is 1. The first kappa shape index (κ1) is 20.6. The van der Waals surface area contributed by atoms with Crippen molar-refractivity contribution in [2.45, 2.75) is 58.9 Å². The topological polar surface area (TPSA) is 65.9 Å². The van der Waals surface area contributed by atoms with E-state index in [9.17, 15) is 5.11 Å². The number of nitrogens with zero attached hydrogens (tertiary/aromatic N) is 1. The summed E-state index contributed by atoms with van der Waals surface area (Å²) >= 11 is 0. The van der Waals surface area contributed by atoms with Gasteiger partial charge in [-0.3, -0.25) is 0 Å². The van der Waals surface area contributed by atoms with Crippen molar-refractivity contribution < 1.29 is 9.84 Å². The molecular weight excluding hydrogens is 326 g/mol. The molecule has 2 rings (SSSR count). The Kier molecular flexibility index (Phi) is 8.75. The number of aliphatic imine (C=N–C) groups is 1. The molecular formula is C21H35N3O2. The first-order valence-corrected chi connectivity index (χ1v) is 10.1. The third-order valence-electron chi connectivity index (χ3n) is 5.16. The highest BCUT2D eigenvalue weighted by Crippen LogP contribution is 2.38. The van der Waals surface area contributed by atoms with E-state index in [1.165, 1.54) is 32.1 Å². The van der Waals surface area contributed by atoms with Crippen molar-refractivity contribution in [2.24, 2.45) is 10.4 Å². The maximum Gasteiger partial charge on any atom is 0.191 e. The fourth-order valence-corrected chi connectivity index (χ4v) is 3.74. The fraction of sp³-hybridized carbons (Fsp3) is 0.667. The first-order valence-electron chi connectivity index (χ1n) is 10.1. The third-order valence-corrected chi connectivity index (χ3v) is 5.16. The van der Waals surface area contributed by atoms with E-state index >= 15 is 0 Å². The molecule has 1 aliphatic rings. The van der Waals surface area contributed by atoms with Crippen molar-refractivity contribution in [2.75, 3.05) is 26.3 Å². The fourth-order valence-electron chi connectivity index (χ4n) is 3.74. The van der Waals surface area contributed by atoms with Crippen molar-refractivity contribution >= 4 is 5.96 Å². The highest BCUT2D eigenvalue weighted by Gasteiger charge is 2.31. The molecule has 0 radical (unpaired) electrons. The van der Waals surface area contributed by atoms with E-state index in [1.807, 2.05) is 25.1 Å². The second kappa shape index (κ2) is 11.1. The maximum absolute atomic E-state index is 9.49. The van der Waals surface area contributed by atoms with Crippen molar-refractivity contribution in [1.82, 2.24) is 10.6 Å². The summed E-state index contributed by atoms with van der Waals surface area (Å²) in [6, 6.07) is 8.10. The summed E-state index contributed by atoms with van der Waals surface area (Å²) in [6.07, 6.45) is 7.10. The van der Waals surface area contributed by atoms with Gasteiger partial charge in [0.15, 0.2) is 5.96 Å². The molecule has 3 N–H and O–H groups in total. The Labute approximate surface area is 158 Å². The van der Waals surface area contributed by atoms with Crippen LogP contribution in [0.4, 0.5) is 0 Å². The molecule has 0 saturated heterocycles. The molecule has 0 bridgehead atoms. The molecule has 0 unspecified atom stereocenters. The molecule has 0 amide bonds. The number of rotatable bonds is 9. The summed E-state index contributed by atoms with van der Waals surface area (Å²) in [7, 11) is 0. The minimum absolute atomic E-state index is 0.206. The van der Waals surface area contributed by atoms with Gasteiger partial charge in [-0.25, -0.2) is 4.99 Å². The zero-order chi connectivity index (χ0) is 18.7. The zero-order valence-electron chi connectivity index (χ0n) is 16.4. The molecule has 5 nitrogen and oxygen atoms in total. The summed E-state index contributed by atoms with van der Waals surface area (Å²) < 4.78 is 5.56. The molecule has 1 fully saturated rings. The van der Waals surface area contributed by atoms with E-state index in [2.05, 4.69) is 23.6 Å². The van der Waals surface area contributed by atoms with Gasteiger partial charge in [-0.05, 0) is 56.2 Å². The summed E-state index contributed by atoms with van der Waals surface area (Å²) in [5, 5.41) is 16.3. The Hall–Kier alpha value is -1.75. The van der Waals surface area contributed by atoms with E-state index < -0.39 is 0 Å². The number of guanidine groups is 1. The lowest BCUT2D eigenvalue weighted by atomic mass is 9.72. The molecule has 26 heavy (non-hydrogen) atoms. The van der Waals surface area contributed by atoms with Gasteiger partial charge in [-0.1, -0.05) is 31.4 Å². The van der Waals surface area contributed by atoms with E-state index in [4.69, 9.17) is 9.73 Å². The molecule has 146 valence electrons. The Morgan fingerprint density at radius 1 is 1.19 bits per heavy atom. The number of ether oxygens (including phenoxy) is 1. The normalized spacial score (nSPS) is 17.0. The monoisotopic (exact) mass is 361 g/mol. The smallest absolute Gasteiger partial charge is 0.191 e. The average molecular weight is 362 g/mol. The largest absolute Gasteiger partial charge is 0.494 e. The minimum atomic E-state index is 0.206. The molecule has 1 aliphatic carbocycles. The molecule has 1 aromatic carbocycles. The Balaban J connectivity index is 1.98. The molecule has 5 heteroatoms. The van der Waals surface area contributed by atoms with E-state index in [0.29, 0.717) is 13.2 Å². The molecule has 0 atom stereocenters. The number of hydrogen-bond acceptors (Lipinski definition) is 3. The quantitative estimate of drug-likeness (QED) is 0.465. The van der Waals surface area contributed by atoms with Crippen LogP contribution in [-0.2, 0) is 6.54 Å². The Bertz CT molecular complexity index is 548. The van der Waals surface area contributed by atoms with Crippen molar-refractivity contribution in [3.8, 4) is 5.75 Å².